The van der Waals surface area contributed by atoms with Crippen LogP contribution in [0.2, 0.25) is 0 Å². The number of nitriles is 1. The summed E-state index contributed by atoms with van der Waals surface area (Å²) in [5.74, 6) is 0.219. The van der Waals surface area contributed by atoms with Gasteiger partial charge < -0.3 is 4.74 Å². The molecular formula is C17H19N2O3PS. The molecular weight excluding hydrogens is 343 g/mol. The molecule has 0 saturated heterocycles. The molecule has 5 nitrogen and oxygen atoms in total. The lowest BCUT2D eigenvalue weighted by atomic mass is 10.1. The van der Waals surface area contributed by atoms with Gasteiger partial charge in [-0.1, -0.05) is 24.3 Å². The molecule has 2 aromatic carbocycles. The van der Waals surface area contributed by atoms with Crippen LogP contribution in [0.15, 0.2) is 47.4 Å². The highest BCUT2D eigenvalue weighted by Gasteiger charge is 2.19. The van der Waals surface area contributed by atoms with E-state index in [1.165, 1.54) is 30.9 Å². The molecule has 24 heavy (non-hydrogen) atoms. The summed E-state index contributed by atoms with van der Waals surface area (Å²) < 4.78 is 32.6. The standard InChI is InChI=1S/C17H19N2O3PS/c1-22-15-9-8-13(12-18)11-17(15)24(20,21)19-10-4-6-14-5-2-3-7-16(14)23/h2-3,5,7-9,11,19H,4,6,10,23H2,1H3. The minimum absolute atomic E-state index is 0.0181. The fraction of sp³-hybridized carbons (Fsp3) is 0.235. The number of aryl methyl sites for hydroxylation is 1. The normalized spacial score (nSPS) is 11.0. The first-order chi connectivity index (χ1) is 11.5. The highest BCUT2D eigenvalue weighted by atomic mass is 32.2. The zero-order valence-electron chi connectivity index (χ0n) is 13.3. The van der Waals surface area contributed by atoms with E-state index in [4.69, 9.17) is 10.00 Å². The Morgan fingerprint density at radius 3 is 2.67 bits per heavy atom. The van der Waals surface area contributed by atoms with Gasteiger partial charge in [-0.2, -0.15) is 5.26 Å². The van der Waals surface area contributed by atoms with E-state index in [9.17, 15) is 8.42 Å². The van der Waals surface area contributed by atoms with Crippen LogP contribution in [-0.4, -0.2) is 22.1 Å². The molecule has 2 aromatic rings. The maximum atomic E-state index is 12.5. The van der Waals surface area contributed by atoms with Crippen LogP contribution in [0.4, 0.5) is 0 Å². The number of sulfonamides is 1. The molecule has 2 rings (SSSR count). The van der Waals surface area contributed by atoms with Gasteiger partial charge in [0.2, 0.25) is 10.0 Å². The first-order valence-corrected chi connectivity index (χ1v) is 9.45. The van der Waals surface area contributed by atoms with Crippen molar-refractivity contribution < 1.29 is 13.2 Å². The van der Waals surface area contributed by atoms with Gasteiger partial charge in [-0.05, 0) is 41.9 Å². The van der Waals surface area contributed by atoms with Gasteiger partial charge in [-0.25, -0.2) is 13.1 Å². The van der Waals surface area contributed by atoms with Crippen molar-refractivity contribution in [3.8, 4) is 11.8 Å². The number of nitrogens with one attached hydrogen (secondary N) is 1. The number of hydrogen-bond donors (Lipinski definition) is 1. The van der Waals surface area contributed by atoms with Crippen LogP contribution in [0.3, 0.4) is 0 Å². The highest BCUT2D eigenvalue weighted by molar-refractivity contribution is 7.89. The quantitative estimate of drug-likeness (QED) is 0.603. The highest BCUT2D eigenvalue weighted by Crippen LogP contribution is 2.24. The monoisotopic (exact) mass is 362 g/mol. The molecule has 126 valence electrons. The van der Waals surface area contributed by atoms with Crippen LogP contribution in [0.5, 0.6) is 5.75 Å². The minimum Gasteiger partial charge on any atom is -0.495 e. The summed E-state index contributed by atoms with van der Waals surface area (Å²) in [6.45, 7) is 0.307. The van der Waals surface area contributed by atoms with Crippen LogP contribution >= 0.6 is 9.24 Å². The molecule has 0 spiro atoms. The van der Waals surface area contributed by atoms with Crippen LogP contribution in [0.25, 0.3) is 0 Å². The van der Waals surface area contributed by atoms with Gasteiger partial charge in [0.15, 0.2) is 0 Å². The predicted octanol–water partition coefficient (Wildman–Crippen LogP) is 1.98. The van der Waals surface area contributed by atoms with Crippen molar-refractivity contribution in [1.29, 1.82) is 5.26 Å². The molecule has 0 aliphatic rings. The number of methoxy groups -OCH3 is 1. The Morgan fingerprint density at radius 1 is 1.25 bits per heavy atom. The van der Waals surface area contributed by atoms with Crippen molar-refractivity contribution >= 4 is 24.6 Å². The fourth-order valence-corrected chi connectivity index (χ4v) is 3.90. The van der Waals surface area contributed by atoms with E-state index in [1.54, 1.807) is 0 Å². The molecule has 1 unspecified atom stereocenters. The van der Waals surface area contributed by atoms with Crippen molar-refractivity contribution in [2.24, 2.45) is 0 Å². The van der Waals surface area contributed by atoms with E-state index in [2.05, 4.69) is 14.0 Å². The van der Waals surface area contributed by atoms with E-state index in [0.717, 1.165) is 11.7 Å². The third-order valence-electron chi connectivity index (χ3n) is 3.55. The van der Waals surface area contributed by atoms with Crippen molar-refractivity contribution in [3.05, 3.63) is 53.6 Å². The van der Waals surface area contributed by atoms with Gasteiger partial charge in [0.05, 0.1) is 18.7 Å². The number of nitrogens with zero attached hydrogens (tertiary/aromatic N) is 1. The van der Waals surface area contributed by atoms with Gasteiger partial charge in [-0.3, -0.25) is 0 Å². The average molecular weight is 362 g/mol. The third-order valence-corrected chi connectivity index (χ3v) is 5.60. The summed E-state index contributed by atoms with van der Waals surface area (Å²) in [5.41, 5.74) is 1.44. The molecule has 0 radical (unpaired) electrons. The maximum Gasteiger partial charge on any atom is 0.244 e. The second kappa shape index (κ2) is 8.25. The first kappa shape index (κ1) is 18.4. The van der Waals surface area contributed by atoms with E-state index < -0.39 is 10.0 Å². The van der Waals surface area contributed by atoms with Gasteiger partial charge in [0, 0.05) is 6.54 Å². The summed E-state index contributed by atoms with van der Waals surface area (Å²) in [5, 5.41) is 10.1. The van der Waals surface area contributed by atoms with E-state index in [1.807, 2.05) is 30.3 Å². The Kier molecular flexibility index (Phi) is 6.33. The van der Waals surface area contributed by atoms with Gasteiger partial charge in [-0.15, -0.1) is 9.24 Å². The predicted molar refractivity (Wildman–Crippen MR) is 97.0 cm³/mol. The van der Waals surface area contributed by atoms with Crippen molar-refractivity contribution in [3.63, 3.8) is 0 Å². The molecule has 0 bridgehead atoms. The number of hydrogen-bond acceptors (Lipinski definition) is 4. The molecule has 0 aliphatic heterocycles. The summed E-state index contributed by atoms with van der Waals surface area (Å²) in [6.07, 6.45) is 1.45. The van der Waals surface area contributed by atoms with Crippen molar-refractivity contribution in [2.75, 3.05) is 13.7 Å². The smallest absolute Gasteiger partial charge is 0.244 e. The zero-order valence-corrected chi connectivity index (χ0v) is 15.3. The summed E-state index contributed by atoms with van der Waals surface area (Å²) in [6, 6.07) is 14.2. The van der Waals surface area contributed by atoms with Gasteiger partial charge in [0.1, 0.15) is 10.6 Å². The lowest BCUT2D eigenvalue weighted by Gasteiger charge is -2.11. The Hall–Kier alpha value is -1.93. The first-order valence-electron chi connectivity index (χ1n) is 7.39. The Balaban J connectivity index is 2.04. The SMILES string of the molecule is COc1ccc(C#N)cc1S(=O)(=O)NCCCc1ccccc1P. The van der Waals surface area contributed by atoms with E-state index in [-0.39, 0.29) is 16.2 Å². The topological polar surface area (TPSA) is 79.2 Å². The lowest BCUT2D eigenvalue weighted by molar-refractivity contribution is 0.402. The van der Waals surface area contributed by atoms with Gasteiger partial charge >= 0.3 is 0 Å². The number of ether oxygens (including phenoxy) is 1. The second-order valence-electron chi connectivity index (χ2n) is 5.18. The molecule has 0 saturated carbocycles. The molecule has 0 aliphatic carbocycles. The van der Waals surface area contributed by atoms with Crippen LogP contribution in [0, 0.1) is 11.3 Å². The van der Waals surface area contributed by atoms with Crippen molar-refractivity contribution in [1.82, 2.24) is 4.72 Å². The Morgan fingerprint density at radius 2 is 2.00 bits per heavy atom. The molecule has 1 atom stereocenters. The fourth-order valence-electron chi connectivity index (χ4n) is 2.28. The second-order valence-corrected chi connectivity index (χ2v) is 7.53. The molecule has 0 aromatic heterocycles. The lowest BCUT2D eigenvalue weighted by Crippen LogP contribution is -2.26. The Bertz CT molecular complexity index is 860. The number of benzene rings is 2. The minimum atomic E-state index is -3.73. The average Bonchev–Trinajstić information content (AvgIpc) is 2.59. The molecule has 1 N–H and O–H groups in total. The molecule has 7 heteroatoms. The van der Waals surface area contributed by atoms with E-state index in [0.29, 0.717) is 13.0 Å². The van der Waals surface area contributed by atoms with Gasteiger partial charge in [0.25, 0.3) is 0 Å². The van der Waals surface area contributed by atoms with Crippen LogP contribution in [-0.2, 0) is 16.4 Å². The Labute approximate surface area is 144 Å². The van der Waals surface area contributed by atoms with Crippen LogP contribution < -0.4 is 14.8 Å². The van der Waals surface area contributed by atoms with Crippen molar-refractivity contribution in [2.45, 2.75) is 17.7 Å². The number of rotatable bonds is 7. The summed E-state index contributed by atoms with van der Waals surface area (Å²) in [7, 11) is 0.344. The molecule has 0 heterocycles. The summed E-state index contributed by atoms with van der Waals surface area (Å²) in [4.78, 5) is -0.0181. The van der Waals surface area contributed by atoms with E-state index >= 15 is 0 Å². The maximum absolute atomic E-state index is 12.5. The van der Waals surface area contributed by atoms with Crippen LogP contribution in [0.1, 0.15) is 17.5 Å². The third kappa shape index (κ3) is 4.55. The molecule has 0 fully saturated rings. The summed E-state index contributed by atoms with van der Waals surface area (Å²) >= 11 is 0. The largest absolute Gasteiger partial charge is 0.495 e. The zero-order chi connectivity index (χ0) is 17.6. The molecule has 0 amide bonds.